The Balaban J connectivity index is 1.77. The van der Waals surface area contributed by atoms with Gasteiger partial charge in [0.1, 0.15) is 5.82 Å². The maximum Gasteiger partial charge on any atom is 0.258 e. The van der Waals surface area contributed by atoms with Crippen molar-refractivity contribution in [1.29, 1.82) is 0 Å². The van der Waals surface area contributed by atoms with Crippen LogP contribution in [0.15, 0.2) is 54.7 Å². The zero-order chi connectivity index (χ0) is 17.8. The van der Waals surface area contributed by atoms with E-state index < -0.39 is 0 Å². The molecule has 25 heavy (non-hydrogen) atoms. The van der Waals surface area contributed by atoms with E-state index in [4.69, 9.17) is 23.2 Å². The van der Waals surface area contributed by atoms with Crippen LogP contribution in [0.3, 0.4) is 0 Å². The normalized spacial score (nSPS) is 10.7. The van der Waals surface area contributed by atoms with Gasteiger partial charge in [-0.1, -0.05) is 60.5 Å². The van der Waals surface area contributed by atoms with E-state index in [0.717, 1.165) is 12.0 Å². The molecule has 1 N–H and O–H groups in total. The second-order valence-corrected chi connectivity index (χ2v) is 6.38. The minimum absolute atomic E-state index is 0.239. The van der Waals surface area contributed by atoms with E-state index in [1.165, 1.54) is 5.56 Å². The van der Waals surface area contributed by atoms with Crippen molar-refractivity contribution in [3.05, 3.63) is 81.5 Å². The third-order valence-corrected chi connectivity index (χ3v) is 4.74. The molecule has 0 aliphatic rings. The molecule has 2 aromatic carbocycles. The maximum atomic E-state index is 12.5. The summed E-state index contributed by atoms with van der Waals surface area (Å²) in [6, 6.07) is 15.1. The van der Waals surface area contributed by atoms with Gasteiger partial charge in [-0.15, -0.1) is 0 Å². The van der Waals surface area contributed by atoms with Crippen LogP contribution in [0, 0.1) is 0 Å². The standard InChI is InChI=1S/C19H17Cl2N3O/c1-2-13-6-8-14(9-7-13)12-24-17(10-11-22-24)23-19(25)15-4-3-5-16(20)18(15)21/h3-11H,2,12H2,1H3,(H,23,25). The summed E-state index contributed by atoms with van der Waals surface area (Å²) in [5.74, 6) is 0.274. The van der Waals surface area contributed by atoms with Crippen molar-refractivity contribution in [3.8, 4) is 0 Å². The molecule has 0 fully saturated rings. The highest BCUT2D eigenvalue weighted by Gasteiger charge is 2.14. The molecule has 3 rings (SSSR count). The van der Waals surface area contributed by atoms with Crippen molar-refractivity contribution in [1.82, 2.24) is 9.78 Å². The second-order valence-electron chi connectivity index (χ2n) is 5.60. The van der Waals surface area contributed by atoms with E-state index in [9.17, 15) is 4.79 Å². The molecule has 0 unspecified atom stereocenters. The lowest BCUT2D eigenvalue weighted by Gasteiger charge is -2.11. The summed E-state index contributed by atoms with van der Waals surface area (Å²) >= 11 is 12.1. The fourth-order valence-electron chi connectivity index (χ4n) is 2.48. The van der Waals surface area contributed by atoms with Gasteiger partial charge < -0.3 is 5.32 Å². The summed E-state index contributed by atoms with van der Waals surface area (Å²) in [7, 11) is 0. The van der Waals surface area contributed by atoms with Crippen LogP contribution in [-0.4, -0.2) is 15.7 Å². The molecule has 6 heteroatoms. The van der Waals surface area contributed by atoms with Crippen LogP contribution in [0.25, 0.3) is 0 Å². The number of amides is 1. The maximum absolute atomic E-state index is 12.5. The van der Waals surface area contributed by atoms with Gasteiger partial charge in [0.25, 0.3) is 5.91 Å². The van der Waals surface area contributed by atoms with Crippen LogP contribution in [0.5, 0.6) is 0 Å². The van der Waals surface area contributed by atoms with Gasteiger partial charge in [-0.05, 0) is 29.7 Å². The Labute approximate surface area is 156 Å². The Morgan fingerprint density at radius 1 is 1.08 bits per heavy atom. The fourth-order valence-corrected chi connectivity index (χ4v) is 2.87. The number of hydrogen-bond donors (Lipinski definition) is 1. The Morgan fingerprint density at radius 2 is 1.80 bits per heavy atom. The Hall–Kier alpha value is -2.30. The summed E-state index contributed by atoms with van der Waals surface area (Å²) in [6.45, 7) is 2.69. The molecule has 0 saturated carbocycles. The Morgan fingerprint density at radius 3 is 2.52 bits per heavy atom. The number of nitrogens with one attached hydrogen (secondary N) is 1. The predicted octanol–water partition coefficient (Wildman–Crippen LogP) is 5.05. The molecule has 0 spiro atoms. The third kappa shape index (κ3) is 4.03. The van der Waals surface area contributed by atoms with Crippen molar-refractivity contribution >= 4 is 34.9 Å². The first-order chi connectivity index (χ1) is 12.1. The number of carbonyl (C=O) groups is 1. The minimum atomic E-state index is -0.324. The SMILES string of the molecule is CCc1ccc(Cn2nccc2NC(=O)c2cccc(Cl)c2Cl)cc1. The lowest BCUT2D eigenvalue weighted by molar-refractivity contribution is 0.102. The molecular weight excluding hydrogens is 357 g/mol. The van der Waals surface area contributed by atoms with E-state index in [1.54, 1.807) is 35.1 Å². The molecular formula is C19H17Cl2N3O. The highest BCUT2D eigenvalue weighted by molar-refractivity contribution is 6.44. The largest absolute Gasteiger partial charge is 0.307 e. The van der Waals surface area contributed by atoms with Gasteiger partial charge in [0, 0.05) is 6.07 Å². The van der Waals surface area contributed by atoms with Gasteiger partial charge in [-0.3, -0.25) is 4.79 Å². The number of carbonyl (C=O) groups excluding carboxylic acids is 1. The smallest absolute Gasteiger partial charge is 0.258 e. The first-order valence-electron chi connectivity index (χ1n) is 7.93. The predicted molar refractivity (Wildman–Crippen MR) is 102 cm³/mol. The average Bonchev–Trinajstić information content (AvgIpc) is 3.04. The molecule has 0 atom stereocenters. The van der Waals surface area contributed by atoms with E-state index in [-0.39, 0.29) is 10.9 Å². The van der Waals surface area contributed by atoms with E-state index >= 15 is 0 Å². The number of aromatic nitrogens is 2. The summed E-state index contributed by atoms with van der Waals surface area (Å²) in [5, 5.41) is 7.70. The Kier molecular flexibility index (Phi) is 5.41. The number of anilines is 1. The molecule has 4 nitrogen and oxygen atoms in total. The topological polar surface area (TPSA) is 46.9 Å². The van der Waals surface area contributed by atoms with E-state index in [1.807, 2.05) is 0 Å². The van der Waals surface area contributed by atoms with Crippen molar-refractivity contribution in [2.75, 3.05) is 5.32 Å². The van der Waals surface area contributed by atoms with Crippen molar-refractivity contribution in [2.45, 2.75) is 19.9 Å². The third-order valence-electron chi connectivity index (χ3n) is 3.92. The number of nitrogens with zero attached hydrogens (tertiary/aromatic N) is 2. The molecule has 0 aliphatic heterocycles. The van der Waals surface area contributed by atoms with E-state index in [0.29, 0.717) is 22.9 Å². The highest BCUT2D eigenvalue weighted by atomic mass is 35.5. The van der Waals surface area contributed by atoms with Crippen LogP contribution in [0.2, 0.25) is 10.0 Å². The van der Waals surface area contributed by atoms with Crippen molar-refractivity contribution in [3.63, 3.8) is 0 Å². The van der Waals surface area contributed by atoms with Crippen LogP contribution in [0.4, 0.5) is 5.82 Å². The summed E-state index contributed by atoms with van der Waals surface area (Å²) in [5.41, 5.74) is 2.72. The number of benzene rings is 2. The molecule has 1 aromatic heterocycles. The minimum Gasteiger partial charge on any atom is -0.307 e. The summed E-state index contributed by atoms with van der Waals surface area (Å²) in [4.78, 5) is 12.5. The van der Waals surface area contributed by atoms with Gasteiger partial charge in [0.15, 0.2) is 0 Å². The van der Waals surface area contributed by atoms with Gasteiger partial charge >= 0.3 is 0 Å². The lowest BCUT2D eigenvalue weighted by Crippen LogP contribution is -2.16. The number of halogens is 2. The molecule has 3 aromatic rings. The lowest BCUT2D eigenvalue weighted by atomic mass is 10.1. The first kappa shape index (κ1) is 17.5. The van der Waals surface area contributed by atoms with E-state index in [2.05, 4.69) is 41.6 Å². The van der Waals surface area contributed by atoms with Gasteiger partial charge in [0.2, 0.25) is 0 Å². The monoisotopic (exact) mass is 373 g/mol. The molecule has 128 valence electrons. The molecule has 0 radical (unpaired) electrons. The average molecular weight is 374 g/mol. The molecule has 0 aliphatic carbocycles. The van der Waals surface area contributed by atoms with Gasteiger partial charge in [0.05, 0.1) is 28.4 Å². The van der Waals surface area contributed by atoms with Crippen molar-refractivity contribution < 1.29 is 4.79 Å². The molecule has 0 bridgehead atoms. The fraction of sp³-hybridized carbons (Fsp3) is 0.158. The zero-order valence-corrected chi connectivity index (χ0v) is 15.2. The molecule has 0 saturated heterocycles. The number of aryl methyl sites for hydroxylation is 1. The van der Waals surface area contributed by atoms with Crippen LogP contribution < -0.4 is 5.32 Å². The number of rotatable bonds is 5. The quantitative estimate of drug-likeness (QED) is 0.679. The van der Waals surface area contributed by atoms with Crippen LogP contribution >= 0.6 is 23.2 Å². The zero-order valence-electron chi connectivity index (χ0n) is 13.7. The summed E-state index contributed by atoms with van der Waals surface area (Å²) < 4.78 is 1.73. The highest BCUT2D eigenvalue weighted by Crippen LogP contribution is 2.26. The Bertz CT molecular complexity index is 888. The van der Waals surface area contributed by atoms with Gasteiger partial charge in [-0.25, -0.2) is 4.68 Å². The van der Waals surface area contributed by atoms with Gasteiger partial charge in [-0.2, -0.15) is 5.10 Å². The molecule has 1 amide bonds. The van der Waals surface area contributed by atoms with Crippen molar-refractivity contribution in [2.24, 2.45) is 0 Å². The van der Waals surface area contributed by atoms with Crippen LogP contribution in [-0.2, 0) is 13.0 Å². The van der Waals surface area contributed by atoms with Crippen LogP contribution in [0.1, 0.15) is 28.4 Å². The first-order valence-corrected chi connectivity index (χ1v) is 8.69. The summed E-state index contributed by atoms with van der Waals surface area (Å²) in [6.07, 6.45) is 2.65. The number of hydrogen-bond acceptors (Lipinski definition) is 2. The molecule has 1 heterocycles. The second kappa shape index (κ2) is 7.72.